The number of amides is 1. The molecule has 0 saturated carbocycles. The molecule has 24 heavy (non-hydrogen) atoms. The number of aryl methyl sites for hydroxylation is 1. The molecule has 0 aliphatic heterocycles. The molecule has 0 radical (unpaired) electrons. The van der Waals surface area contributed by atoms with Gasteiger partial charge in [0, 0.05) is 12.1 Å². The first-order valence-corrected chi connectivity index (χ1v) is 10.0. The van der Waals surface area contributed by atoms with Crippen LogP contribution in [0.25, 0.3) is 11.0 Å². The molecule has 1 aromatic heterocycles. The number of nitrogens with zero attached hydrogens (tertiary/aromatic N) is 2. The van der Waals surface area contributed by atoms with E-state index >= 15 is 0 Å². The molecule has 2 aromatic rings. The molecule has 1 heterocycles. The molecule has 1 aromatic carbocycles. The molecule has 0 aliphatic carbocycles. The molecule has 0 spiro atoms. The van der Waals surface area contributed by atoms with Gasteiger partial charge in [-0.15, -0.1) is 0 Å². The molecule has 0 atom stereocenters. The molecular formula is C15H22N4O3S2. The quantitative estimate of drug-likeness (QED) is 0.779. The average molecular weight is 371 g/mol. The molecule has 0 bridgehead atoms. The number of benzene rings is 1. The summed E-state index contributed by atoms with van der Waals surface area (Å²) in [6.07, 6.45) is 0. The van der Waals surface area contributed by atoms with Gasteiger partial charge in [-0.2, -0.15) is 0 Å². The Bertz CT molecular complexity index is 867. The minimum atomic E-state index is -3.77. The first-order chi connectivity index (χ1) is 11.0. The van der Waals surface area contributed by atoms with Crippen molar-refractivity contribution in [3.05, 3.63) is 18.2 Å². The lowest BCUT2D eigenvalue weighted by Crippen LogP contribution is -2.41. The normalized spacial score (nSPS) is 12.5. The summed E-state index contributed by atoms with van der Waals surface area (Å²) in [5, 5.41) is 8.73. The smallest absolute Gasteiger partial charge is 0.238 e. The highest BCUT2D eigenvalue weighted by molar-refractivity contribution is 7.99. The fraction of sp³-hybridized carbons (Fsp3) is 0.467. The summed E-state index contributed by atoms with van der Waals surface area (Å²) in [6.45, 7) is 8.39. The summed E-state index contributed by atoms with van der Waals surface area (Å²) in [4.78, 5) is 16.4. The van der Waals surface area contributed by atoms with Crippen LogP contribution in [0, 0.1) is 0 Å². The molecule has 0 fully saturated rings. The third-order valence-corrected chi connectivity index (χ3v) is 5.06. The highest BCUT2D eigenvalue weighted by Gasteiger charge is 2.17. The van der Waals surface area contributed by atoms with Crippen molar-refractivity contribution in [1.29, 1.82) is 0 Å². The Morgan fingerprint density at radius 2 is 2.04 bits per heavy atom. The van der Waals surface area contributed by atoms with Crippen LogP contribution in [0.5, 0.6) is 0 Å². The van der Waals surface area contributed by atoms with Gasteiger partial charge in [0.1, 0.15) is 0 Å². The maximum Gasteiger partial charge on any atom is 0.238 e. The van der Waals surface area contributed by atoms with Crippen molar-refractivity contribution < 1.29 is 13.2 Å². The van der Waals surface area contributed by atoms with E-state index in [-0.39, 0.29) is 22.1 Å². The number of thioether (sulfide) groups is 1. The summed E-state index contributed by atoms with van der Waals surface area (Å²) in [5.41, 5.74) is 1.07. The maximum atomic E-state index is 12.0. The highest BCUT2D eigenvalue weighted by atomic mass is 32.2. The molecule has 7 nitrogen and oxygen atoms in total. The molecule has 0 unspecified atom stereocenters. The third-order valence-electron chi connectivity index (χ3n) is 3.18. The summed E-state index contributed by atoms with van der Waals surface area (Å²) >= 11 is 1.32. The summed E-state index contributed by atoms with van der Waals surface area (Å²) in [6, 6.07) is 4.60. The van der Waals surface area contributed by atoms with E-state index in [4.69, 9.17) is 5.14 Å². The number of sulfonamides is 1. The van der Waals surface area contributed by atoms with Crippen LogP contribution < -0.4 is 10.5 Å². The van der Waals surface area contributed by atoms with E-state index in [9.17, 15) is 13.2 Å². The molecular weight excluding hydrogens is 348 g/mol. The number of carbonyl (C=O) groups is 1. The molecule has 9 heteroatoms. The number of rotatable bonds is 5. The number of hydrogen-bond donors (Lipinski definition) is 2. The Morgan fingerprint density at radius 1 is 1.38 bits per heavy atom. The van der Waals surface area contributed by atoms with E-state index in [1.54, 1.807) is 6.07 Å². The van der Waals surface area contributed by atoms with Crippen LogP contribution in [-0.4, -0.2) is 35.2 Å². The second kappa shape index (κ2) is 6.73. The van der Waals surface area contributed by atoms with Gasteiger partial charge >= 0.3 is 0 Å². The highest BCUT2D eigenvalue weighted by Crippen LogP contribution is 2.25. The van der Waals surface area contributed by atoms with E-state index < -0.39 is 10.0 Å². The summed E-state index contributed by atoms with van der Waals surface area (Å²) < 4.78 is 24.9. The van der Waals surface area contributed by atoms with Gasteiger partial charge in [-0.1, -0.05) is 11.8 Å². The van der Waals surface area contributed by atoms with Gasteiger partial charge in [0.2, 0.25) is 15.9 Å². The Morgan fingerprint density at radius 3 is 2.58 bits per heavy atom. The standard InChI is InChI=1S/C15H22N4O3S2/c1-5-19-12-7-6-10(24(16,21)22)8-11(12)17-14(19)23-9-13(20)18-15(2,3)4/h6-8H,5,9H2,1-4H3,(H,18,20)(H2,16,21,22). The number of fused-ring (bicyclic) bond motifs is 1. The van der Waals surface area contributed by atoms with Gasteiger partial charge in [-0.3, -0.25) is 4.79 Å². The molecule has 1 amide bonds. The predicted octanol–water partition coefficient (Wildman–Crippen LogP) is 1.71. The molecule has 2 rings (SSSR count). The first kappa shape index (κ1) is 18.8. The van der Waals surface area contributed by atoms with E-state index in [1.165, 1.54) is 23.9 Å². The van der Waals surface area contributed by atoms with Crippen molar-refractivity contribution in [3.8, 4) is 0 Å². The van der Waals surface area contributed by atoms with Crippen molar-refractivity contribution in [3.63, 3.8) is 0 Å². The third kappa shape index (κ3) is 4.49. The summed E-state index contributed by atoms with van der Waals surface area (Å²) in [5.74, 6) is 0.162. The van der Waals surface area contributed by atoms with Gasteiger partial charge in [0.25, 0.3) is 0 Å². The zero-order valence-electron chi connectivity index (χ0n) is 14.2. The van der Waals surface area contributed by atoms with Crippen LogP contribution in [0.1, 0.15) is 27.7 Å². The maximum absolute atomic E-state index is 12.0. The van der Waals surface area contributed by atoms with E-state index in [2.05, 4.69) is 10.3 Å². The lowest BCUT2D eigenvalue weighted by molar-refractivity contribution is -0.119. The molecule has 3 N–H and O–H groups in total. The minimum Gasteiger partial charge on any atom is -0.351 e. The monoisotopic (exact) mass is 370 g/mol. The molecule has 132 valence electrons. The number of hydrogen-bond acceptors (Lipinski definition) is 5. The number of carbonyl (C=O) groups excluding carboxylic acids is 1. The van der Waals surface area contributed by atoms with E-state index in [1.807, 2.05) is 32.3 Å². The zero-order chi connectivity index (χ0) is 18.1. The van der Waals surface area contributed by atoms with Crippen LogP contribution in [-0.2, 0) is 21.4 Å². The van der Waals surface area contributed by atoms with E-state index in [0.29, 0.717) is 17.2 Å². The zero-order valence-corrected chi connectivity index (χ0v) is 15.8. The molecule has 0 aliphatic rings. The van der Waals surface area contributed by atoms with Gasteiger partial charge in [-0.25, -0.2) is 18.5 Å². The second-order valence-corrected chi connectivity index (χ2v) is 8.92. The SMILES string of the molecule is CCn1c(SCC(=O)NC(C)(C)C)nc2cc(S(N)(=O)=O)ccc21. The van der Waals surface area contributed by atoms with Crippen LogP contribution in [0.2, 0.25) is 0 Å². The number of primary sulfonamides is 1. The van der Waals surface area contributed by atoms with E-state index in [0.717, 1.165) is 5.52 Å². The minimum absolute atomic E-state index is 0.0257. The first-order valence-electron chi connectivity index (χ1n) is 7.48. The van der Waals surface area contributed by atoms with Crippen molar-refractivity contribution in [2.75, 3.05) is 5.75 Å². The van der Waals surface area contributed by atoms with Gasteiger partial charge in [0.15, 0.2) is 5.16 Å². The predicted molar refractivity (Wildman–Crippen MR) is 95.4 cm³/mol. The van der Waals surface area contributed by atoms with Crippen LogP contribution in [0.4, 0.5) is 0 Å². The number of aromatic nitrogens is 2. The fourth-order valence-electron chi connectivity index (χ4n) is 2.26. The van der Waals surface area contributed by atoms with Crippen LogP contribution in [0.3, 0.4) is 0 Å². The molecule has 0 saturated heterocycles. The van der Waals surface area contributed by atoms with Crippen LogP contribution in [0.15, 0.2) is 28.3 Å². The Balaban J connectivity index is 2.29. The van der Waals surface area contributed by atoms with Gasteiger partial charge in [0.05, 0.1) is 21.7 Å². The van der Waals surface area contributed by atoms with Crippen molar-refractivity contribution in [2.45, 2.75) is 49.8 Å². The number of nitrogens with two attached hydrogens (primary N) is 1. The topological polar surface area (TPSA) is 107 Å². The van der Waals surface area contributed by atoms with Gasteiger partial charge < -0.3 is 9.88 Å². The summed E-state index contributed by atoms with van der Waals surface area (Å²) in [7, 11) is -3.77. The Labute approximate surface area is 146 Å². The lowest BCUT2D eigenvalue weighted by Gasteiger charge is -2.20. The second-order valence-electron chi connectivity index (χ2n) is 6.42. The average Bonchev–Trinajstić information content (AvgIpc) is 2.78. The number of nitrogens with one attached hydrogen (secondary N) is 1. The van der Waals surface area contributed by atoms with Crippen molar-refractivity contribution in [1.82, 2.24) is 14.9 Å². The van der Waals surface area contributed by atoms with Crippen LogP contribution >= 0.6 is 11.8 Å². The van der Waals surface area contributed by atoms with Crippen molar-refractivity contribution >= 4 is 38.7 Å². The fourth-order valence-corrected chi connectivity index (χ4v) is 3.68. The van der Waals surface area contributed by atoms with Gasteiger partial charge in [-0.05, 0) is 45.9 Å². The largest absolute Gasteiger partial charge is 0.351 e. The van der Waals surface area contributed by atoms with Crippen molar-refractivity contribution in [2.24, 2.45) is 5.14 Å². The Kier molecular flexibility index (Phi) is 5.26. The lowest BCUT2D eigenvalue weighted by atomic mass is 10.1. The Hall–Kier alpha value is -1.58. The number of imidazole rings is 1.